The summed E-state index contributed by atoms with van der Waals surface area (Å²) in [5.74, 6) is 0.0293. The Kier molecular flexibility index (Phi) is 9.07. The lowest BCUT2D eigenvalue weighted by Crippen LogP contribution is -2.33. The molecular weight excluding hydrogens is 667 g/mol. The fourth-order valence-electron chi connectivity index (χ4n) is 7.17. The molecule has 0 radical (unpaired) electrons. The van der Waals surface area contributed by atoms with Gasteiger partial charge in [0.05, 0.1) is 10.2 Å². The predicted molar refractivity (Wildman–Crippen MR) is 208 cm³/mol. The summed E-state index contributed by atoms with van der Waals surface area (Å²) in [5.41, 5.74) is 8.80. The van der Waals surface area contributed by atoms with Crippen LogP contribution in [0.4, 0.5) is 10.9 Å². The zero-order valence-electron chi connectivity index (χ0n) is 29.7. The van der Waals surface area contributed by atoms with Gasteiger partial charge >= 0.3 is 5.97 Å². The number of aromatic nitrogens is 2. The number of thiazole rings is 1. The second-order valence-electron chi connectivity index (χ2n) is 14.6. The molecule has 0 atom stereocenters. The summed E-state index contributed by atoms with van der Waals surface area (Å²) in [5, 5.41) is 3.60. The van der Waals surface area contributed by atoms with Crippen molar-refractivity contribution in [2.24, 2.45) is 0 Å². The van der Waals surface area contributed by atoms with E-state index in [2.05, 4.69) is 74.7 Å². The summed E-state index contributed by atoms with van der Waals surface area (Å²) >= 11 is 1.46. The number of amides is 1. The van der Waals surface area contributed by atoms with E-state index in [1.165, 1.54) is 28.0 Å². The van der Waals surface area contributed by atoms with E-state index in [1.807, 2.05) is 69.3 Å². The van der Waals surface area contributed by atoms with Crippen LogP contribution >= 0.6 is 11.3 Å². The molecule has 2 aromatic heterocycles. The largest absolute Gasteiger partial charge is 0.455 e. The molecule has 0 fully saturated rings. The molecule has 8 rings (SSSR count). The molecule has 8 nitrogen and oxygen atoms in total. The minimum Gasteiger partial charge on any atom is -0.455 e. The summed E-state index contributed by atoms with van der Waals surface area (Å²) in [6.45, 7) is 9.58. The molecule has 2 aliphatic rings. The molecule has 1 N–H and O–H groups in total. The Bertz CT molecular complexity index is 2260. The molecule has 6 aromatic rings. The normalized spacial score (nSPS) is 14.5. The molecule has 4 heterocycles. The summed E-state index contributed by atoms with van der Waals surface area (Å²) in [6.07, 6.45) is 1.68. The molecule has 2 aliphatic heterocycles. The van der Waals surface area contributed by atoms with E-state index in [1.54, 1.807) is 0 Å². The van der Waals surface area contributed by atoms with Gasteiger partial charge in [0, 0.05) is 43.9 Å². The first-order valence-electron chi connectivity index (χ1n) is 17.8. The van der Waals surface area contributed by atoms with Crippen LogP contribution in [0.3, 0.4) is 0 Å². The molecule has 1 amide bonds. The summed E-state index contributed by atoms with van der Waals surface area (Å²) in [7, 11) is 0. The van der Waals surface area contributed by atoms with Crippen LogP contribution in [0.15, 0.2) is 103 Å². The van der Waals surface area contributed by atoms with Gasteiger partial charge in [-0.05, 0) is 97.3 Å². The maximum absolute atomic E-state index is 13.8. The molecule has 52 heavy (non-hydrogen) atoms. The number of nitrogens with zero attached hydrogens (tertiary/aromatic N) is 4. The van der Waals surface area contributed by atoms with Gasteiger partial charge in [0.15, 0.2) is 10.8 Å². The van der Waals surface area contributed by atoms with Gasteiger partial charge < -0.3 is 9.64 Å². The van der Waals surface area contributed by atoms with Crippen molar-refractivity contribution in [1.82, 2.24) is 14.9 Å². The van der Waals surface area contributed by atoms with Crippen molar-refractivity contribution < 1.29 is 14.3 Å². The van der Waals surface area contributed by atoms with Crippen LogP contribution < -0.4 is 10.2 Å². The Labute approximate surface area is 308 Å². The number of para-hydroxylation sites is 1. The fraction of sp³-hybridized carbons (Fsp3) is 0.256. The third-order valence-electron chi connectivity index (χ3n) is 9.69. The SMILES string of the molecule is CC(C)(C)OC(=O)c1nc(N2CCc3cccc(C(=O)Nc4nc5ccccc5s4)c3C2)ccc1-c1ccc2c(c1)CCN(Cc1ccccc1)C2. The molecule has 4 aromatic carbocycles. The van der Waals surface area contributed by atoms with Crippen LogP contribution in [0.2, 0.25) is 0 Å². The van der Waals surface area contributed by atoms with E-state index in [4.69, 9.17) is 9.72 Å². The van der Waals surface area contributed by atoms with Gasteiger partial charge in [-0.1, -0.05) is 84.1 Å². The van der Waals surface area contributed by atoms with Crippen molar-refractivity contribution in [3.8, 4) is 11.1 Å². The van der Waals surface area contributed by atoms with E-state index in [0.29, 0.717) is 35.3 Å². The van der Waals surface area contributed by atoms with Gasteiger partial charge in [0.2, 0.25) is 0 Å². The lowest BCUT2D eigenvalue weighted by Gasteiger charge is -2.31. The first-order chi connectivity index (χ1) is 25.2. The average Bonchev–Trinajstić information content (AvgIpc) is 3.56. The van der Waals surface area contributed by atoms with Crippen molar-refractivity contribution in [2.45, 2.75) is 58.8 Å². The second-order valence-corrected chi connectivity index (χ2v) is 15.6. The molecule has 0 saturated carbocycles. The first-order valence-corrected chi connectivity index (χ1v) is 18.6. The number of hydrogen-bond acceptors (Lipinski definition) is 8. The molecule has 0 unspecified atom stereocenters. The highest BCUT2D eigenvalue weighted by Crippen LogP contribution is 2.33. The van der Waals surface area contributed by atoms with Gasteiger partial charge in [-0.3, -0.25) is 15.0 Å². The molecule has 0 bridgehead atoms. The Morgan fingerprint density at radius 1 is 0.808 bits per heavy atom. The fourth-order valence-corrected chi connectivity index (χ4v) is 8.04. The quantitative estimate of drug-likeness (QED) is 0.166. The monoisotopic (exact) mass is 707 g/mol. The number of carbonyl (C=O) groups is 2. The number of rotatable bonds is 7. The number of pyridine rings is 1. The number of carbonyl (C=O) groups excluding carboxylic acids is 2. The number of fused-ring (bicyclic) bond motifs is 3. The third-order valence-corrected chi connectivity index (χ3v) is 10.6. The van der Waals surface area contributed by atoms with E-state index < -0.39 is 11.6 Å². The highest BCUT2D eigenvalue weighted by molar-refractivity contribution is 7.22. The Morgan fingerprint density at radius 3 is 2.44 bits per heavy atom. The summed E-state index contributed by atoms with van der Waals surface area (Å²) < 4.78 is 6.94. The Morgan fingerprint density at radius 2 is 1.62 bits per heavy atom. The standard InChI is InChI=1S/C43H41N5O3S/c1-43(2,3)51-41(50)39-33(31-16-17-32-26-47(22-20-30(32)24-31)25-28-10-5-4-6-11-28)18-19-38(45-39)48-23-21-29-12-9-13-34(35(29)27-48)40(49)46-42-44-36-14-7-8-15-37(36)52-42/h4-19,24H,20-23,25-27H2,1-3H3,(H,44,46,49). The lowest BCUT2D eigenvalue weighted by atomic mass is 9.93. The maximum atomic E-state index is 13.8. The number of hydrogen-bond donors (Lipinski definition) is 1. The Balaban J connectivity index is 1.06. The molecule has 262 valence electrons. The van der Waals surface area contributed by atoms with Crippen molar-refractivity contribution in [2.75, 3.05) is 23.3 Å². The lowest BCUT2D eigenvalue weighted by molar-refractivity contribution is 0.00638. The summed E-state index contributed by atoms with van der Waals surface area (Å²) in [6, 6.07) is 34.8. The number of esters is 1. The van der Waals surface area contributed by atoms with Crippen LogP contribution in [-0.2, 0) is 37.2 Å². The van der Waals surface area contributed by atoms with E-state index in [9.17, 15) is 9.59 Å². The topological polar surface area (TPSA) is 87.7 Å². The van der Waals surface area contributed by atoms with E-state index in [0.717, 1.165) is 64.9 Å². The second kappa shape index (κ2) is 14.0. The van der Waals surface area contributed by atoms with Crippen LogP contribution in [0, 0.1) is 0 Å². The maximum Gasteiger partial charge on any atom is 0.358 e. The van der Waals surface area contributed by atoms with E-state index >= 15 is 0 Å². The van der Waals surface area contributed by atoms with Crippen LogP contribution in [0.5, 0.6) is 0 Å². The molecule has 0 spiro atoms. The predicted octanol–water partition coefficient (Wildman–Crippen LogP) is 8.69. The first kappa shape index (κ1) is 33.7. The minimum absolute atomic E-state index is 0.189. The van der Waals surface area contributed by atoms with Gasteiger partial charge in [0.1, 0.15) is 11.4 Å². The zero-order valence-corrected chi connectivity index (χ0v) is 30.5. The van der Waals surface area contributed by atoms with Gasteiger partial charge in [0.25, 0.3) is 5.91 Å². The van der Waals surface area contributed by atoms with Gasteiger partial charge in [-0.2, -0.15) is 0 Å². The van der Waals surface area contributed by atoms with Crippen molar-refractivity contribution in [3.05, 3.63) is 142 Å². The van der Waals surface area contributed by atoms with Crippen molar-refractivity contribution in [1.29, 1.82) is 0 Å². The number of nitrogens with one attached hydrogen (secondary N) is 1. The number of anilines is 2. The highest BCUT2D eigenvalue weighted by atomic mass is 32.1. The zero-order chi connectivity index (χ0) is 35.8. The van der Waals surface area contributed by atoms with Crippen LogP contribution in [0.1, 0.15) is 69.4 Å². The minimum atomic E-state index is -0.681. The number of benzene rings is 4. The van der Waals surface area contributed by atoms with Crippen molar-refractivity contribution >= 4 is 44.4 Å². The molecule has 9 heteroatoms. The molecule has 0 aliphatic carbocycles. The van der Waals surface area contributed by atoms with Crippen LogP contribution in [-0.4, -0.2) is 45.4 Å². The van der Waals surface area contributed by atoms with Gasteiger partial charge in [-0.15, -0.1) is 0 Å². The Hall–Kier alpha value is -5.38. The smallest absolute Gasteiger partial charge is 0.358 e. The van der Waals surface area contributed by atoms with Crippen LogP contribution in [0.25, 0.3) is 21.3 Å². The number of ether oxygens (including phenoxy) is 1. The highest BCUT2D eigenvalue weighted by Gasteiger charge is 2.28. The van der Waals surface area contributed by atoms with Crippen molar-refractivity contribution in [3.63, 3.8) is 0 Å². The van der Waals surface area contributed by atoms with E-state index in [-0.39, 0.29) is 5.91 Å². The van der Waals surface area contributed by atoms with Gasteiger partial charge in [-0.25, -0.2) is 14.8 Å². The third kappa shape index (κ3) is 7.20. The molecular formula is C43H41N5O3S. The average molecular weight is 708 g/mol. The molecule has 0 saturated heterocycles. The summed E-state index contributed by atoms with van der Waals surface area (Å²) in [4.78, 5) is 41.7.